The fourth-order valence-corrected chi connectivity index (χ4v) is 2.91. The molecule has 0 saturated heterocycles. The minimum Gasteiger partial charge on any atom is -0.322 e. The molecule has 0 bridgehead atoms. The van der Waals surface area contributed by atoms with Gasteiger partial charge in [-0.2, -0.15) is 0 Å². The van der Waals surface area contributed by atoms with Crippen molar-refractivity contribution in [3.05, 3.63) is 95.1 Å². The summed E-state index contributed by atoms with van der Waals surface area (Å²) in [5.41, 5.74) is 3.94. The Hall–Kier alpha value is -3.73. The standard InChI is InChI=1S/C24H22N2O3/c1-3-17-6-4-5-7-22(17)26-24(29)20-10-8-19(9-11-20)23(28)25-21-14-12-18(13-15-21)16(2)27/h4-15H,3H2,1-2H3,(H,25,28)(H,26,29). The molecule has 0 heterocycles. The van der Waals surface area contributed by atoms with Gasteiger partial charge in [0.05, 0.1) is 0 Å². The predicted octanol–water partition coefficient (Wildman–Crippen LogP) is 4.96. The molecule has 0 aliphatic rings. The fourth-order valence-electron chi connectivity index (χ4n) is 2.91. The van der Waals surface area contributed by atoms with Crippen molar-refractivity contribution in [1.82, 2.24) is 0 Å². The lowest BCUT2D eigenvalue weighted by atomic mass is 10.1. The van der Waals surface area contributed by atoms with Crippen molar-refractivity contribution in [2.24, 2.45) is 0 Å². The number of nitrogens with one attached hydrogen (secondary N) is 2. The van der Waals surface area contributed by atoms with Crippen LogP contribution in [0.4, 0.5) is 11.4 Å². The number of aryl methyl sites for hydroxylation is 1. The highest BCUT2D eigenvalue weighted by Gasteiger charge is 2.11. The van der Waals surface area contributed by atoms with Crippen LogP contribution in [-0.4, -0.2) is 17.6 Å². The molecule has 0 aliphatic heterocycles. The Morgan fingerprint density at radius 1 is 0.690 bits per heavy atom. The third-order valence-electron chi connectivity index (χ3n) is 4.61. The molecule has 2 N–H and O–H groups in total. The van der Waals surface area contributed by atoms with Gasteiger partial charge in [-0.25, -0.2) is 0 Å². The van der Waals surface area contributed by atoms with Gasteiger partial charge in [0.25, 0.3) is 11.8 Å². The third kappa shape index (κ3) is 4.96. The van der Waals surface area contributed by atoms with E-state index < -0.39 is 0 Å². The molecule has 5 nitrogen and oxygen atoms in total. The van der Waals surface area contributed by atoms with Gasteiger partial charge in [0.1, 0.15) is 0 Å². The maximum Gasteiger partial charge on any atom is 0.255 e. The van der Waals surface area contributed by atoms with Gasteiger partial charge in [-0.1, -0.05) is 25.1 Å². The molecule has 0 radical (unpaired) electrons. The number of carbonyl (C=O) groups is 3. The number of para-hydroxylation sites is 1. The zero-order chi connectivity index (χ0) is 20.8. The molecule has 0 fully saturated rings. The Kier molecular flexibility index (Phi) is 6.19. The molecule has 5 heteroatoms. The first kappa shape index (κ1) is 20.0. The fraction of sp³-hybridized carbons (Fsp3) is 0.125. The molecule has 29 heavy (non-hydrogen) atoms. The summed E-state index contributed by atoms with van der Waals surface area (Å²) in [6.45, 7) is 3.53. The molecule has 0 atom stereocenters. The number of benzene rings is 3. The first-order valence-corrected chi connectivity index (χ1v) is 9.39. The number of hydrogen-bond acceptors (Lipinski definition) is 3. The quantitative estimate of drug-likeness (QED) is 0.588. The van der Waals surface area contributed by atoms with Crippen LogP contribution < -0.4 is 10.6 Å². The van der Waals surface area contributed by atoms with Gasteiger partial charge in [0.15, 0.2) is 5.78 Å². The average molecular weight is 386 g/mol. The highest BCUT2D eigenvalue weighted by Crippen LogP contribution is 2.17. The molecule has 3 rings (SSSR count). The van der Waals surface area contributed by atoms with Crippen LogP contribution in [0.1, 0.15) is 50.5 Å². The Balaban J connectivity index is 1.66. The predicted molar refractivity (Wildman–Crippen MR) is 115 cm³/mol. The van der Waals surface area contributed by atoms with Gasteiger partial charge < -0.3 is 10.6 Å². The molecule has 0 unspecified atom stereocenters. The molecular formula is C24H22N2O3. The largest absolute Gasteiger partial charge is 0.322 e. The minimum absolute atomic E-state index is 0.0293. The highest BCUT2D eigenvalue weighted by molar-refractivity contribution is 6.07. The molecule has 0 aliphatic carbocycles. The lowest BCUT2D eigenvalue weighted by Crippen LogP contribution is -2.15. The van der Waals surface area contributed by atoms with E-state index in [4.69, 9.17) is 0 Å². The van der Waals surface area contributed by atoms with Crippen LogP contribution in [0.5, 0.6) is 0 Å². The number of ketones is 1. The number of carbonyl (C=O) groups excluding carboxylic acids is 3. The van der Waals surface area contributed by atoms with Crippen LogP contribution in [0.3, 0.4) is 0 Å². The van der Waals surface area contributed by atoms with Gasteiger partial charge in [-0.05, 0) is 73.5 Å². The van der Waals surface area contributed by atoms with Gasteiger partial charge >= 0.3 is 0 Å². The number of hydrogen-bond donors (Lipinski definition) is 2. The van der Waals surface area contributed by atoms with Crippen molar-refractivity contribution < 1.29 is 14.4 Å². The first-order chi connectivity index (χ1) is 14.0. The van der Waals surface area contributed by atoms with Crippen LogP contribution in [0, 0.1) is 0 Å². The molecule has 0 aromatic heterocycles. The topological polar surface area (TPSA) is 75.3 Å². The second-order valence-electron chi connectivity index (χ2n) is 6.63. The van der Waals surface area contributed by atoms with E-state index in [9.17, 15) is 14.4 Å². The summed E-state index contributed by atoms with van der Waals surface area (Å²) in [7, 11) is 0. The van der Waals surface area contributed by atoms with E-state index in [0.717, 1.165) is 17.7 Å². The van der Waals surface area contributed by atoms with E-state index in [-0.39, 0.29) is 17.6 Å². The summed E-state index contributed by atoms with van der Waals surface area (Å²) in [4.78, 5) is 36.2. The number of Topliss-reactive ketones (excluding diaryl/α,β-unsaturated/α-hetero) is 1. The van der Waals surface area contributed by atoms with E-state index >= 15 is 0 Å². The summed E-state index contributed by atoms with van der Waals surface area (Å²) < 4.78 is 0. The average Bonchev–Trinajstić information content (AvgIpc) is 2.74. The number of rotatable bonds is 6. The Labute approximate surface area is 169 Å². The van der Waals surface area contributed by atoms with Gasteiger partial charge in [-0.3, -0.25) is 14.4 Å². The van der Waals surface area contributed by atoms with E-state index in [1.165, 1.54) is 6.92 Å². The van der Waals surface area contributed by atoms with Crippen molar-refractivity contribution >= 4 is 29.0 Å². The normalized spacial score (nSPS) is 10.3. The van der Waals surface area contributed by atoms with Crippen molar-refractivity contribution in [1.29, 1.82) is 0 Å². The zero-order valence-electron chi connectivity index (χ0n) is 16.4. The van der Waals surface area contributed by atoms with Crippen LogP contribution in [0.25, 0.3) is 0 Å². The summed E-state index contributed by atoms with van der Waals surface area (Å²) >= 11 is 0. The monoisotopic (exact) mass is 386 g/mol. The molecule has 146 valence electrons. The van der Waals surface area contributed by atoms with Crippen molar-refractivity contribution in [3.8, 4) is 0 Å². The van der Waals surface area contributed by atoms with E-state index in [2.05, 4.69) is 10.6 Å². The summed E-state index contributed by atoms with van der Waals surface area (Å²) in [6.07, 6.45) is 0.822. The zero-order valence-corrected chi connectivity index (χ0v) is 16.4. The van der Waals surface area contributed by atoms with Crippen LogP contribution in [-0.2, 0) is 6.42 Å². The Bertz CT molecular complexity index is 1040. The highest BCUT2D eigenvalue weighted by atomic mass is 16.2. The van der Waals surface area contributed by atoms with Gasteiger partial charge in [-0.15, -0.1) is 0 Å². The molecule has 0 saturated carbocycles. The van der Waals surface area contributed by atoms with E-state index in [1.54, 1.807) is 48.5 Å². The summed E-state index contributed by atoms with van der Waals surface area (Å²) in [5, 5.41) is 5.69. The van der Waals surface area contributed by atoms with Crippen molar-refractivity contribution in [2.75, 3.05) is 10.6 Å². The van der Waals surface area contributed by atoms with Crippen molar-refractivity contribution in [3.63, 3.8) is 0 Å². The molecule has 2 amide bonds. The maximum absolute atomic E-state index is 12.5. The van der Waals surface area contributed by atoms with Crippen LogP contribution in [0.2, 0.25) is 0 Å². The van der Waals surface area contributed by atoms with Gasteiger partial charge in [0, 0.05) is 28.1 Å². The summed E-state index contributed by atoms with van der Waals surface area (Å²) in [6, 6.07) is 20.8. The van der Waals surface area contributed by atoms with Crippen LogP contribution >= 0.6 is 0 Å². The molecule has 3 aromatic carbocycles. The molecular weight excluding hydrogens is 364 g/mol. The first-order valence-electron chi connectivity index (χ1n) is 9.39. The van der Waals surface area contributed by atoms with Crippen molar-refractivity contribution in [2.45, 2.75) is 20.3 Å². The van der Waals surface area contributed by atoms with Crippen LogP contribution in [0.15, 0.2) is 72.8 Å². The number of anilines is 2. The summed E-state index contributed by atoms with van der Waals surface area (Å²) in [5.74, 6) is -0.542. The second-order valence-corrected chi connectivity index (χ2v) is 6.63. The lowest BCUT2D eigenvalue weighted by Gasteiger charge is -2.10. The second kappa shape index (κ2) is 8.97. The van der Waals surface area contributed by atoms with E-state index in [1.807, 2.05) is 31.2 Å². The number of amides is 2. The maximum atomic E-state index is 12.5. The van der Waals surface area contributed by atoms with E-state index in [0.29, 0.717) is 22.4 Å². The lowest BCUT2D eigenvalue weighted by molar-refractivity contribution is 0.101. The Morgan fingerprint density at radius 2 is 1.21 bits per heavy atom. The van der Waals surface area contributed by atoms with Gasteiger partial charge in [0.2, 0.25) is 0 Å². The Morgan fingerprint density at radius 3 is 1.76 bits per heavy atom. The minimum atomic E-state index is -0.288. The molecule has 0 spiro atoms. The smallest absolute Gasteiger partial charge is 0.255 e. The SMILES string of the molecule is CCc1ccccc1NC(=O)c1ccc(C(=O)Nc2ccc(C(C)=O)cc2)cc1. The molecule has 3 aromatic rings. The third-order valence-corrected chi connectivity index (χ3v) is 4.61.